The number of carbonyl (C=O) groups is 4. The second-order valence-electron chi connectivity index (χ2n) is 8.74. The van der Waals surface area contributed by atoms with Gasteiger partial charge in [-0.1, -0.05) is 60.7 Å². The first-order valence-corrected chi connectivity index (χ1v) is 12.4. The minimum Gasteiger partial charge on any atom is -0.445 e. The summed E-state index contributed by atoms with van der Waals surface area (Å²) in [7, 11) is 0. The Morgan fingerprint density at radius 3 is 2.20 bits per heavy atom. The summed E-state index contributed by atoms with van der Waals surface area (Å²) in [5.74, 6) is -4.34. The van der Waals surface area contributed by atoms with Gasteiger partial charge in [0.05, 0.1) is 19.0 Å². The summed E-state index contributed by atoms with van der Waals surface area (Å²) in [5, 5.41) is 7.72. The summed E-state index contributed by atoms with van der Waals surface area (Å²) in [4.78, 5) is 52.0. The molecule has 0 aliphatic rings. The molecule has 2 atom stereocenters. The number of benzene rings is 2. The van der Waals surface area contributed by atoms with Crippen molar-refractivity contribution in [2.75, 3.05) is 18.4 Å². The van der Waals surface area contributed by atoms with Gasteiger partial charge < -0.3 is 25.4 Å². The lowest BCUT2D eigenvalue weighted by Crippen LogP contribution is -2.41. The minimum absolute atomic E-state index is 0.246. The summed E-state index contributed by atoms with van der Waals surface area (Å²) in [6.45, 7) is 1.31. The van der Waals surface area contributed by atoms with Crippen molar-refractivity contribution in [3.05, 3.63) is 84.6 Å². The number of carbonyl (C=O) groups excluding carboxylic acids is 4. The number of rotatable bonds is 11. The van der Waals surface area contributed by atoms with E-state index in [0.29, 0.717) is 11.4 Å². The Morgan fingerprint density at radius 1 is 0.902 bits per heavy atom. The van der Waals surface area contributed by atoms with E-state index in [9.17, 15) is 32.3 Å². The summed E-state index contributed by atoms with van der Waals surface area (Å²) in [5.41, 5.74) is 2.05. The van der Waals surface area contributed by atoms with Crippen molar-refractivity contribution >= 4 is 29.8 Å². The molecule has 41 heavy (non-hydrogen) atoms. The molecule has 0 aliphatic heterocycles. The fourth-order valence-electron chi connectivity index (χ4n) is 3.54. The average Bonchev–Trinajstić information content (AvgIpc) is 2.95. The predicted octanol–water partition coefficient (Wildman–Crippen LogP) is 4.15. The number of alkyl halides is 3. The second kappa shape index (κ2) is 14.4. The van der Waals surface area contributed by atoms with Gasteiger partial charge in [-0.3, -0.25) is 9.59 Å². The van der Waals surface area contributed by atoms with Gasteiger partial charge in [0.2, 0.25) is 5.91 Å². The SMILES string of the molecule is CC(CNc1ccccn1)OC(=O)NCC(=O)NC(CC(=O)OC(=O)C(F)(F)F)c1ccc(-c2ccccc2)cc1. The van der Waals surface area contributed by atoms with Gasteiger partial charge in [-0.25, -0.2) is 14.6 Å². The Kier molecular flexibility index (Phi) is 10.8. The molecule has 0 spiro atoms. The normalized spacial score (nSPS) is 12.4. The van der Waals surface area contributed by atoms with E-state index < -0.39 is 55.2 Å². The summed E-state index contributed by atoms with van der Waals surface area (Å²) >= 11 is 0. The molecule has 0 aliphatic carbocycles. The Balaban J connectivity index is 1.59. The van der Waals surface area contributed by atoms with Crippen LogP contribution in [0.2, 0.25) is 0 Å². The molecular formula is C28H27F3N4O6. The Bertz CT molecular complexity index is 1320. The van der Waals surface area contributed by atoms with E-state index in [0.717, 1.165) is 11.1 Å². The quantitative estimate of drug-likeness (QED) is 0.230. The number of anilines is 1. The predicted molar refractivity (Wildman–Crippen MR) is 141 cm³/mol. The van der Waals surface area contributed by atoms with Crippen molar-refractivity contribution in [2.24, 2.45) is 0 Å². The number of halogens is 3. The third-order valence-electron chi connectivity index (χ3n) is 5.50. The van der Waals surface area contributed by atoms with Gasteiger partial charge >= 0.3 is 24.2 Å². The first-order chi connectivity index (χ1) is 19.5. The minimum atomic E-state index is -5.36. The molecule has 13 heteroatoms. The van der Waals surface area contributed by atoms with E-state index in [4.69, 9.17) is 4.74 Å². The average molecular weight is 573 g/mol. The Labute approximate surface area is 233 Å². The van der Waals surface area contributed by atoms with E-state index in [1.54, 1.807) is 55.6 Å². The molecule has 216 valence electrons. The summed E-state index contributed by atoms with van der Waals surface area (Å²) < 4.78 is 46.6. The van der Waals surface area contributed by atoms with Crippen LogP contribution in [-0.4, -0.2) is 54.3 Å². The van der Waals surface area contributed by atoms with E-state index in [-0.39, 0.29) is 6.54 Å². The lowest BCUT2D eigenvalue weighted by atomic mass is 9.99. The molecule has 0 saturated heterocycles. The number of amides is 2. The summed E-state index contributed by atoms with van der Waals surface area (Å²) in [6.07, 6.45) is -6.02. The number of esters is 2. The Morgan fingerprint density at radius 2 is 1.56 bits per heavy atom. The fraction of sp³-hybridized carbons (Fsp3) is 0.250. The molecule has 3 rings (SSSR count). The van der Waals surface area contributed by atoms with E-state index in [1.165, 1.54) is 0 Å². The smallest absolute Gasteiger partial charge is 0.445 e. The number of pyridine rings is 1. The topological polar surface area (TPSA) is 136 Å². The first kappa shape index (κ1) is 30.6. The number of hydrogen-bond donors (Lipinski definition) is 3. The van der Waals surface area contributed by atoms with Crippen LogP contribution in [0.3, 0.4) is 0 Å². The van der Waals surface area contributed by atoms with Gasteiger partial charge in [0.15, 0.2) is 0 Å². The van der Waals surface area contributed by atoms with Crippen molar-refractivity contribution in [2.45, 2.75) is 31.7 Å². The van der Waals surface area contributed by atoms with Crippen molar-refractivity contribution in [3.63, 3.8) is 0 Å². The highest BCUT2D eigenvalue weighted by Gasteiger charge is 2.42. The molecule has 0 fully saturated rings. The third-order valence-corrected chi connectivity index (χ3v) is 5.50. The van der Waals surface area contributed by atoms with Crippen molar-refractivity contribution in [1.29, 1.82) is 0 Å². The molecule has 3 aromatic rings. The van der Waals surface area contributed by atoms with Gasteiger partial charge in [-0.05, 0) is 35.7 Å². The molecular weight excluding hydrogens is 545 g/mol. The first-order valence-electron chi connectivity index (χ1n) is 12.4. The van der Waals surface area contributed by atoms with E-state index >= 15 is 0 Å². The van der Waals surface area contributed by atoms with E-state index in [2.05, 4.69) is 25.7 Å². The number of nitrogens with one attached hydrogen (secondary N) is 3. The fourth-order valence-corrected chi connectivity index (χ4v) is 3.54. The zero-order valence-electron chi connectivity index (χ0n) is 21.8. The molecule has 2 aromatic carbocycles. The standard InChI is InChI=1S/C28H27F3N4O6/c1-18(16-33-23-9-5-6-14-32-23)40-27(39)34-17-24(36)35-22(15-25(37)41-26(38)28(29,30)31)21-12-10-20(11-13-21)19-7-3-2-4-8-19/h2-14,18,22H,15-17H2,1H3,(H,32,33)(H,34,39)(H,35,36). The number of ether oxygens (including phenoxy) is 2. The van der Waals surface area contributed by atoms with Crippen LogP contribution < -0.4 is 16.0 Å². The van der Waals surface area contributed by atoms with Gasteiger partial charge in [0, 0.05) is 6.20 Å². The molecule has 0 radical (unpaired) electrons. The number of alkyl carbamates (subject to hydrolysis) is 1. The van der Waals surface area contributed by atoms with Gasteiger partial charge in [-0.2, -0.15) is 13.2 Å². The monoisotopic (exact) mass is 572 g/mol. The van der Waals surface area contributed by atoms with Crippen LogP contribution >= 0.6 is 0 Å². The van der Waals surface area contributed by atoms with Crippen LogP contribution in [0.5, 0.6) is 0 Å². The molecule has 1 aromatic heterocycles. The molecule has 0 bridgehead atoms. The van der Waals surface area contributed by atoms with Crippen LogP contribution in [0.1, 0.15) is 24.9 Å². The van der Waals surface area contributed by atoms with Gasteiger partial charge in [0.25, 0.3) is 0 Å². The third kappa shape index (κ3) is 10.3. The van der Waals surface area contributed by atoms with Crippen LogP contribution in [-0.2, 0) is 23.9 Å². The summed E-state index contributed by atoms with van der Waals surface area (Å²) in [6, 6.07) is 19.9. The zero-order chi connectivity index (χ0) is 29.8. The highest BCUT2D eigenvalue weighted by Crippen LogP contribution is 2.24. The molecule has 3 N–H and O–H groups in total. The molecule has 10 nitrogen and oxygen atoms in total. The van der Waals surface area contributed by atoms with Crippen molar-refractivity contribution in [1.82, 2.24) is 15.6 Å². The number of aromatic nitrogens is 1. The molecule has 0 saturated carbocycles. The Hall–Kier alpha value is -4.94. The lowest BCUT2D eigenvalue weighted by Gasteiger charge is -2.20. The van der Waals surface area contributed by atoms with Crippen molar-refractivity contribution in [3.8, 4) is 11.1 Å². The highest BCUT2D eigenvalue weighted by molar-refractivity contribution is 5.89. The molecule has 2 unspecified atom stereocenters. The number of hydrogen-bond acceptors (Lipinski definition) is 8. The molecule has 2 amide bonds. The second-order valence-corrected chi connectivity index (χ2v) is 8.74. The van der Waals surface area contributed by atoms with Crippen molar-refractivity contribution < 1.29 is 41.8 Å². The van der Waals surface area contributed by atoms with Gasteiger partial charge in [0.1, 0.15) is 18.5 Å². The van der Waals surface area contributed by atoms with Gasteiger partial charge in [-0.15, -0.1) is 0 Å². The largest absolute Gasteiger partial charge is 0.491 e. The van der Waals surface area contributed by atoms with Crippen LogP contribution in [0, 0.1) is 0 Å². The van der Waals surface area contributed by atoms with Crippen LogP contribution in [0.4, 0.5) is 23.8 Å². The lowest BCUT2D eigenvalue weighted by molar-refractivity contribution is -0.202. The number of nitrogens with zero attached hydrogens (tertiary/aromatic N) is 1. The highest BCUT2D eigenvalue weighted by atomic mass is 19.4. The maximum Gasteiger partial charge on any atom is 0.491 e. The zero-order valence-corrected chi connectivity index (χ0v) is 21.8. The van der Waals surface area contributed by atoms with Crippen LogP contribution in [0.25, 0.3) is 11.1 Å². The maximum atomic E-state index is 12.6. The molecule has 1 heterocycles. The van der Waals surface area contributed by atoms with Crippen LogP contribution in [0.15, 0.2) is 79.0 Å². The maximum absolute atomic E-state index is 12.6. The van der Waals surface area contributed by atoms with E-state index in [1.807, 2.05) is 30.3 Å².